The summed E-state index contributed by atoms with van der Waals surface area (Å²) in [6.07, 6.45) is -0.658. The van der Waals surface area contributed by atoms with Gasteiger partial charge in [-0.25, -0.2) is 0 Å². The molecule has 2 heteroatoms. The van der Waals surface area contributed by atoms with E-state index >= 15 is 0 Å². The van der Waals surface area contributed by atoms with Gasteiger partial charge in [0.2, 0.25) is 0 Å². The van der Waals surface area contributed by atoms with Gasteiger partial charge < -0.3 is 9.84 Å². The van der Waals surface area contributed by atoms with Crippen molar-refractivity contribution < 1.29 is 9.84 Å². The molecule has 0 bridgehead atoms. The van der Waals surface area contributed by atoms with E-state index in [-0.39, 0.29) is 0 Å². The number of rotatable bonds is 3. The molecule has 0 aliphatic heterocycles. The summed E-state index contributed by atoms with van der Waals surface area (Å²) in [5.74, 6) is 0.772. The number of hydrogen-bond donors (Lipinski definition) is 1. The molecule has 19 heavy (non-hydrogen) atoms. The maximum absolute atomic E-state index is 10.6. The summed E-state index contributed by atoms with van der Waals surface area (Å²) in [7, 11) is 1.65. The number of methoxy groups -OCH3 is 1. The molecule has 0 saturated heterocycles. The molecular weight excluding hydrogens is 236 g/mol. The molecule has 0 amide bonds. The standard InChI is InChI=1S/C17H20O2/c1-11-6-5-7-14(10-11)16(18)15-9-8-12(2)13(3)17(15)19-4/h5-10,16,18H,1-4H3. The zero-order valence-electron chi connectivity index (χ0n) is 11.9. The van der Waals surface area contributed by atoms with Crippen LogP contribution in [-0.4, -0.2) is 12.2 Å². The molecule has 0 fully saturated rings. The normalized spacial score (nSPS) is 12.3. The van der Waals surface area contributed by atoms with Gasteiger partial charge >= 0.3 is 0 Å². The summed E-state index contributed by atoms with van der Waals surface area (Å²) in [5.41, 5.74) is 5.08. The Morgan fingerprint density at radius 3 is 2.42 bits per heavy atom. The molecule has 2 rings (SSSR count). The number of ether oxygens (including phenoxy) is 1. The second-order valence-corrected chi connectivity index (χ2v) is 4.95. The Hall–Kier alpha value is -1.80. The molecule has 1 unspecified atom stereocenters. The van der Waals surface area contributed by atoms with Crippen molar-refractivity contribution in [3.05, 3.63) is 64.2 Å². The van der Waals surface area contributed by atoms with Crippen LogP contribution in [0, 0.1) is 20.8 Å². The Labute approximate surface area is 114 Å². The van der Waals surface area contributed by atoms with E-state index in [2.05, 4.69) is 0 Å². The van der Waals surface area contributed by atoms with Crippen molar-refractivity contribution in [2.75, 3.05) is 7.11 Å². The van der Waals surface area contributed by atoms with Crippen LogP contribution in [-0.2, 0) is 0 Å². The van der Waals surface area contributed by atoms with Gasteiger partial charge in [0.05, 0.1) is 7.11 Å². The molecule has 100 valence electrons. The van der Waals surface area contributed by atoms with Crippen molar-refractivity contribution in [1.82, 2.24) is 0 Å². The highest BCUT2D eigenvalue weighted by Gasteiger charge is 2.17. The molecule has 2 aromatic carbocycles. The zero-order valence-corrected chi connectivity index (χ0v) is 11.9. The van der Waals surface area contributed by atoms with Crippen LogP contribution >= 0.6 is 0 Å². The van der Waals surface area contributed by atoms with Crippen LogP contribution in [0.5, 0.6) is 5.75 Å². The lowest BCUT2D eigenvalue weighted by molar-refractivity contribution is 0.214. The topological polar surface area (TPSA) is 29.5 Å². The fraction of sp³-hybridized carbons (Fsp3) is 0.294. The minimum absolute atomic E-state index is 0.658. The lowest BCUT2D eigenvalue weighted by Gasteiger charge is -2.18. The first-order valence-electron chi connectivity index (χ1n) is 6.43. The Balaban J connectivity index is 2.50. The Morgan fingerprint density at radius 2 is 1.79 bits per heavy atom. The van der Waals surface area contributed by atoms with Crippen molar-refractivity contribution in [3.8, 4) is 5.75 Å². The van der Waals surface area contributed by atoms with Crippen molar-refractivity contribution in [3.63, 3.8) is 0 Å². The van der Waals surface area contributed by atoms with Gasteiger partial charge in [-0.2, -0.15) is 0 Å². The zero-order chi connectivity index (χ0) is 14.0. The van der Waals surface area contributed by atoms with Gasteiger partial charge in [-0.05, 0) is 37.5 Å². The van der Waals surface area contributed by atoms with E-state index in [9.17, 15) is 5.11 Å². The number of aliphatic hydroxyl groups is 1. The maximum Gasteiger partial charge on any atom is 0.128 e. The lowest BCUT2D eigenvalue weighted by Crippen LogP contribution is -2.04. The van der Waals surface area contributed by atoms with Crippen molar-refractivity contribution in [2.24, 2.45) is 0 Å². The van der Waals surface area contributed by atoms with Gasteiger partial charge in [0.15, 0.2) is 0 Å². The third-order valence-corrected chi connectivity index (χ3v) is 3.56. The first kappa shape index (κ1) is 13.6. The van der Waals surface area contributed by atoms with Crippen LogP contribution in [0.15, 0.2) is 36.4 Å². The van der Waals surface area contributed by atoms with Crippen LogP contribution in [0.2, 0.25) is 0 Å². The minimum atomic E-state index is -0.658. The molecule has 1 N–H and O–H groups in total. The minimum Gasteiger partial charge on any atom is -0.496 e. The number of hydrogen-bond acceptors (Lipinski definition) is 2. The average molecular weight is 256 g/mol. The molecule has 0 heterocycles. The van der Waals surface area contributed by atoms with Crippen molar-refractivity contribution in [1.29, 1.82) is 0 Å². The van der Waals surface area contributed by atoms with Gasteiger partial charge in [-0.1, -0.05) is 42.0 Å². The van der Waals surface area contributed by atoms with Gasteiger partial charge in [0, 0.05) is 5.56 Å². The summed E-state index contributed by atoms with van der Waals surface area (Å²) < 4.78 is 5.47. The Morgan fingerprint density at radius 1 is 1.05 bits per heavy atom. The molecule has 1 atom stereocenters. The molecule has 0 radical (unpaired) electrons. The maximum atomic E-state index is 10.6. The second kappa shape index (κ2) is 5.45. The lowest BCUT2D eigenvalue weighted by atomic mass is 9.95. The van der Waals surface area contributed by atoms with Crippen LogP contribution in [0.4, 0.5) is 0 Å². The van der Waals surface area contributed by atoms with Gasteiger partial charge in [0.1, 0.15) is 11.9 Å². The van der Waals surface area contributed by atoms with Crippen LogP contribution in [0.25, 0.3) is 0 Å². The molecule has 2 nitrogen and oxygen atoms in total. The fourth-order valence-corrected chi connectivity index (χ4v) is 2.32. The molecule has 0 saturated carbocycles. The van der Waals surface area contributed by atoms with E-state index in [1.165, 1.54) is 0 Å². The summed E-state index contributed by atoms with van der Waals surface area (Å²) in [6, 6.07) is 11.9. The SMILES string of the molecule is COc1c(C(O)c2cccc(C)c2)ccc(C)c1C. The molecular formula is C17H20O2. The third kappa shape index (κ3) is 2.64. The van der Waals surface area contributed by atoms with Crippen molar-refractivity contribution >= 4 is 0 Å². The number of aliphatic hydroxyl groups excluding tert-OH is 1. The summed E-state index contributed by atoms with van der Waals surface area (Å²) in [6.45, 7) is 6.08. The van der Waals surface area contributed by atoms with Crippen LogP contribution in [0.1, 0.15) is 33.9 Å². The highest BCUT2D eigenvalue weighted by Crippen LogP contribution is 2.34. The molecule has 0 aliphatic carbocycles. The van der Waals surface area contributed by atoms with Gasteiger partial charge in [-0.3, -0.25) is 0 Å². The predicted molar refractivity (Wildman–Crippen MR) is 77.7 cm³/mol. The first-order valence-corrected chi connectivity index (χ1v) is 6.43. The highest BCUT2D eigenvalue weighted by molar-refractivity contribution is 5.49. The van der Waals surface area contributed by atoms with E-state index in [1.54, 1.807) is 7.11 Å². The largest absolute Gasteiger partial charge is 0.496 e. The molecule has 0 spiro atoms. The number of benzene rings is 2. The van der Waals surface area contributed by atoms with Crippen LogP contribution in [0.3, 0.4) is 0 Å². The van der Waals surface area contributed by atoms with E-state index < -0.39 is 6.10 Å². The highest BCUT2D eigenvalue weighted by atomic mass is 16.5. The summed E-state index contributed by atoms with van der Waals surface area (Å²) in [5, 5.41) is 10.6. The summed E-state index contributed by atoms with van der Waals surface area (Å²) in [4.78, 5) is 0. The quantitative estimate of drug-likeness (QED) is 0.907. The summed E-state index contributed by atoms with van der Waals surface area (Å²) >= 11 is 0. The van der Waals surface area contributed by atoms with Gasteiger partial charge in [-0.15, -0.1) is 0 Å². The predicted octanol–water partition coefficient (Wildman–Crippen LogP) is 3.70. The van der Waals surface area contributed by atoms with Crippen molar-refractivity contribution in [2.45, 2.75) is 26.9 Å². The van der Waals surface area contributed by atoms with E-state index in [0.717, 1.165) is 33.6 Å². The van der Waals surface area contributed by atoms with E-state index in [4.69, 9.17) is 4.74 Å². The molecule has 0 aliphatic rings. The Kier molecular flexibility index (Phi) is 3.91. The average Bonchev–Trinajstić information content (AvgIpc) is 2.41. The number of aryl methyl sites for hydroxylation is 2. The monoisotopic (exact) mass is 256 g/mol. The van der Waals surface area contributed by atoms with E-state index in [0.29, 0.717) is 0 Å². The van der Waals surface area contributed by atoms with Crippen LogP contribution < -0.4 is 4.74 Å². The molecule has 0 aromatic heterocycles. The second-order valence-electron chi connectivity index (χ2n) is 4.95. The Bertz CT molecular complexity index is 588. The fourth-order valence-electron chi connectivity index (χ4n) is 2.32. The van der Waals surface area contributed by atoms with Gasteiger partial charge in [0.25, 0.3) is 0 Å². The van der Waals surface area contributed by atoms with E-state index in [1.807, 2.05) is 57.2 Å². The smallest absolute Gasteiger partial charge is 0.128 e. The molecule has 2 aromatic rings. The first-order chi connectivity index (χ1) is 9.04. The third-order valence-electron chi connectivity index (χ3n) is 3.56.